The number of amides is 2. The molecule has 0 saturated carbocycles. The molecule has 6 nitrogen and oxygen atoms in total. The van der Waals surface area contributed by atoms with Crippen molar-refractivity contribution in [2.75, 3.05) is 11.9 Å². The van der Waals surface area contributed by atoms with Crippen LogP contribution in [-0.2, 0) is 17.9 Å². The largest absolute Gasteiger partial charge is 0.338 e. The van der Waals surface area contributed by atoms with Crippen molar-refractivity contribution in [1.82, 2.24) is 14.7 Å². The number of likely N-dealkylation sites (tertiary alicyclic amines) is 1. The minimum atomic E-state index is -0.182. The van der Waals surface area contributed by atoms with Crippen molar-refractivity contribution in [2.45, 2.75) is 25.9 Å². The summed E-state index contributed by atoms with van der Waals surface area (Å²) >= 11 is 0. The molecule has 0 atom stereocenters. The summed E-state index contributed by atoms with van der Waals surface area (Å²) in [5.74, 6) is 0.674. The summed E-state index contributed by atoms with van der Waals surface area (Å²) in [5, 5.41) is 7.22. The van der Waals surface area contributed by atoms with Crippen molar-refractivity contribution in [3.8, 4) is 0 Å². The van der Waals surface area contributed by atoms with Gasteiger partial charge in [-0.3, -0.25) is 9.59 Å². The van der Waals surface area contributed by atoms with Gasteiger partial charge in [0.1, 0.15) is 5.82 Å². The Kier molecular flexibility index (Phi) is 5.19. The van der Waals surface area contributed by atoms with Crippen LogP contribution in [0.3, 0.4) is 0 Å². The summed E-state index contributed by atoms with van der Waals surface area (Å²) in [5.41, 5.74) is 2.72. The quantitative estimate of drug-likeness (QED) is 0.720. The van der Waals surface area contributed by atoms with Crippen molar-refractivity contribution in [3.63, 3.8) is 0 Å². The maximum absolute atomic E-state index is 12.6. The van der Waals surface area contributed by atoms with Gasteiger partial charge in [-0.05, 0) is 29.7 Å². The van der Waals surface area contributed by atoms with Crippen LogP contribution in [0.5, 0.6) is 0 Å². The predicted octanol–water partition coefficient (Wildman–Crippen LogP) is 3.31. The zero-order chi connectivity index (χ0) is 19.3. The summed E-state index contributed by atoms with van der Waals surface area (Å²) in [7, 11) is 0. The third-order valence-electron chi connectivity index (χ3n) is 4.89. The van der Waals surface area contributed by atoms with Crippen LogP contribution in [0.1, 0.15) is 34.3 Å². The molecule has 1 aliphatic heterocycles. The molecular weight excluding hydrogens is 352 g/mol. The van der Waals surface area contributed by atoms with E-state index in [2.05, 4.69) is 10.4 Å². The van der Waals surface area contributed by atoms with E-state index in [1.165, 1.54) is 0 Å². The molecule has 2 aromatic carbocycles. The van der Waals surface area contributed by atoms with Crippen LogP contribution in [0, 0.1) is 0 Å². The summed E-state index contributed by atoms with van der Waals surface area (Å²) in [6, 6.07) is 19.2. The lowest BCUT2D eigenvalue weighted by Gasteiger charge is -2.15. The van der Waals surface area contributed by atoms with Gasteiger partial charge >= 0.3 is 0 Å². The van der Waals surface area contributed by atoms with Crippen molar-refractivity contribution in [1.29, 1.82) is 0 Å². The molecule has 1 saturated heterocycles. The normalized spacial score (nSPS) is 13.7. The van der Waals surface area contributed by atoms with E-state index < -0.39 is 0 Å². The van der Waals surface area contributed by atoms with E-state index >= 15 is 0 Å². The molecule has 1 aliphatic rings. The maximum atomic E-state index is 12.6. The molecule has 0 aliphatic carbocycles. The van der Waals surface area contributed by atoms with Crippen LogP contribution >= 0.6 is 0 Å². The van der Waals surface area contributed by atoms with E-state index in [9.17, 15) is 9.59 Å². The minimum absolute atomic E-state index is 0.182. The highest BCUT2D eigenvalue weighted by Gasteiger charge is 2.20. The van der Waals surface area contributed by atoms with Gasteiger partial charge in [-0.1, -0.05) is 42.5 Å². The first-order valence-corrected chi connectivity index (χ1v) is 9.43. The van der Waals surface area contributed by atoms with Crippen molar-refractivity contribution in [3.05, 3.63) is 83.6 Å². The van der Waals surface area contributed by atoms with Gasteiger partial charge in [-0.25, -0.2) is 4.68 Å². The second-order valence-electron chi connectivity index (χ2n) is 6.93. The molecule has 0 unspecified atom stereocenters. The highest BCUT2D eigenvalue weighted by Crippen LogP contribution is 2.16. The highest BCUT2D eigenvalue weighted by molar-refractivity contribution is 6.03. The Morgan fingerprint density at radius 3 is 2.43 bits per heavy atom. The van der Waals surface area contributed by atoms with E-state index in [4.69, 9.17) is 0 Å². The molecule has 2 heterocycles. The Morgan fingerprint density at radius 2 is 1.71 bits per heavy atom. The maximum Gasteiger partial charge on any atom is 0.256 e. The third-order valence-corrected chi connectivity index (χ3v) is 4.89. The number of carbonyl (C=O) groups excluding carboxylic acids is 2. The lowest BCUT2D eigenvalue weighted by atomic mass is 10.1. The number of aromatic nitrogens is 2. The van der Waals surface area contributed by atoms with Gasteiger partial charge in [0, 0.05) is 31.1 Å². The average Bonchev–Trinajstić information content (AvgIpc) is 3.32. The fourth-order valence-electron chi connectivity index (χ4n) is 3.36. The Balaban J connectivity index is 1.40. The van der Waals surface area contributed by atoms with Gasteiger partial charge in [0.2, 0.25) is 5.91 Å². The van der Waals surface area contributed by atoms with E-state index in [0.717, 1.165) is 24.1 Å². The molecule has 4 rings (SSSR count). The van der Waals surface area contributed by atoms with Gasteiger partial charge in [-0.2, -0.15) is 5.10 Å². The molecular formula is C22H22N4O2. The number of hydrogen-bond donors (Lipinski definition) is 1. The Labute approximate surface area is 163 Å². The first-order chi connectivity index (χ1) is 13.7. The summed E-state index contributed by atoms with van der Waals surface area (Å²) in [6.07, 6.45) is 3.24. The van der Waals surface area contributed by atoms with Crippen LogP contribution in [0.4, 0.5) is 5.82 Å². The standard InChI is InChI=1S/C22H22N4O2/c27-21-7-4-14-25(21)15-18-8-10-19(11-9-18)22(28)24-20-12-13-23-26(20)16-17-5-2-1-3-6-17/h1-3,5-6,8-13H,4,7,14-16H2,(H,24,28). The molecule has 3 aromatic rings. The van der Waals surface area contributed by atoms with Crippen LogP contribution in [0.2, 0.25) is 0 Å². The van der Waals surface area contributed by atoms with Gasteiger partial charge < -0.3 is 10.2 Å². The third kappa shape index (κ3) is 4.11. The van der Waals surface area contributed by atoms with Gasteiger partial charge in [0.25, 0.3) is 5.91 Å². The van der Waals surface area contributed by atoms with Crippen LogP contribution < -0.4 is 5.32 Å². The molecule has 0 bridgehead atoms. The molecule has 1 N–H and O–H groups in total. The van der Waals surface area contributed by atoms with Crippen molar-refractivity contribution >= 4 is 17.6 Å². The molecule has 0 radical (unpaired) electrons. The van der Waals surface area contributed by atoms with Gasteiger partial charge in [0.15, 0.2) is 0 Å². The molecule has 142 valence electrons. The molecule has 6 heteroatoms. The second-order valence-corrected chi connectivity index (χ2v) is 6.93. The van der Waals surface area contributed by atoms with E-state index in [-0.39, 0.29) is 11.8 Å². The lowest BCUT2D eigenvalue weighted by Crippen LogP contribution is -2.23. The number of benzene rings is 2. The number of hydrogen-bond acceptors (Lipinski definition) is 3. The first-order valence-electron chi connectivity index (χ1n) is 9.43. The summed E-state index contributed by atoms with van der Waals surface area (Å²) in [4.78, 5) is 26.2. The zero-order valence-corrected chi connectivity index (χ0v) is 15.5. The number of carbonyl (C=O) groups is 2. The molecule has 1 fully saturated rings. The average molecular weight is 374 g/mol. The van der Waals surface area contributed by atoms with Gasteiger partial charge in [0.05, 0.1) is 12.7 Å². The number of nitrogens with one attached hydrogen (secondary N) is 1. The van der Waals surface area contributed by atoms with Crippen LogP contribution in [-0.4, -0.2) is 33.0 Å². The number of rotatable bonds is 6. The number of anilines is 1. The van der Waals surface area contributed by atoms with Crippen LogP contribution in [0.25, 0.3) is 0 Å². The lowest BCUT2D eigenvalue weighted by molar-refractivity contribution is -0.128. The molecule has 28 heavy (non-hydrogen) atoms. The summed E-state index contributed by atoms with van der Waals surface area (Å²) in [6.45, 7) is 2.00. The van der Waals surface area contributed by atoms with E-state index in [0.29, 0.717) is 30.9 Å². The predicted molar refractivity (Wildman–Crippen MR) is 107 cm³/mol. The Hall–Kier alpha value is -3.41. The molecule has 1 aromatic heterocycles. The fraction of sp³-hybridized carbons (Fsp3) is 0.227. The Morgan fingerprint density at radius 1 is 0.964 bits per heavy atom. The zero-order valence-electron chi connectivity index (χ0n) is 15.5. The highest BCUT2D eigenvalue weighted by atomic mass is 16.2. The minimum Gasteiger partial charge on any atom is -0.338 e. The molecule has 2 amide bonds. The second kappa shape index (κ2) is 8.08. The van der Waals surface area contributed by atoms with Crippen molar-refractivity contribution < 1.29 is 9.59 Å². The van der Waals surface area contributed by atoms with E-state index in [1.54, 1.807) is 29.1 Å². The summed E-state index contributed by atoms with van der Waals surface area (Å²) < 4.78 is 1.76. The topological polar surface area (TPSA) is 67.2 Å². The van der Waals surface area contributed by atoms with Crippen molar-refractivity contribution in [2.24, 2.45) is 0 Å². The smallest absolute Gasteiger partial charge is 0.256 e. The SMILES string of the molecule is O=C(Nc1ccnn1Cc1ccccc1)c1ccc(CN2CCCC2=O)cc1. The van der Waals surface area contributed by atoms with E-state index in [1.807, 2.05) is 47.4 Å². The first kappa shape index (κ1) is 18.0. The fourth-order valence-corrected chi connectivity index (χ4v) is 3.36. The Bertz CT molecular complexity index is 964. The monoisotopic (exact) mass is 374 g/mol. The molecule has 0 spiro atoms. The number of nitrogens with zero attached hydrogens (tertiary/aromatic N) is 3. The van der Waals surface area contributed by atoms with Gasteiger partial charge in [-0.15, -0.1) is 0 Å². The van der Waals surface area contributed by atoms with Crippen LogP contribution in [0.15, 0.2) is 66.9 Å².